The highest BCUT2D eigenvalue weighted by Crippen LogP contribution is 2.19. The van der Waals surface area contributed by atoms with E-state index in [1.54, 1.807) is 25.2 Å². The zero-order valence-electron chi connectivity index (χ0n) is 7.49. The van der Waals surface area contributed by atoms with Crippen LogP contribution in [-0.4, -0.2) is 10.1 Å². The minimum absolute atomic E-state index is 0.365. The van der Waals surface area contributed by atoms with Crippen LogP contribution in [0.4, 0.5) is 0 Å². The van der Waals surface area contributed by atoms with E-state index >= 15 is 0 Å². The molecular formula is C9H8BrNO3. The Kier molecular flexibility index (Phi) is 2.33. The van der Waals surface area contributed by atoms with Crippen LogP contribution in [0, 0.1) is 0 Å². The van der Waals surface area contributed by atoms with Crippen molar-refractivity contribution in [3.63, 3.8) is 0 Å². The lowest BCUT2D eigenvalue weighted by Crippen LogP contribution is -2.08. The summed E-state index contributed by atoms with van der Waals surface area (Å²) in [6, 6.07) is 5.27. The molecule has 0 bridgehead atoms. The van der Waals surface area contributed by atoms with Crippen LogP contribution in [-0.2, 0) is 7.05 Å². The summed E-state index contributed by atoms with van der Waals surface area (Å²) in [5.74, 6) is 0.305. The lowest BCUT2D eigenvalue weighted by atomic mass is 10.3. The van der Waals surface area contributed by atoms with E-state index < -0.39 is 0 Å². The lowest BCUT2D eigenvalue weighted by molar-refractivity contribution is 0.397. The molecule has 0 aliphatic carbocycles. The van der Waals surface area contributed by atoms with Gasteiger partial charge in [0.15, 0.2) is 5.58 Å². The van der Waals surface area contributed by atoms with Gasteiger partial charge in [-0.2, -0.15) is 0 Å². The van der Waals surface area contributed by atoms with Crippen LogP contribution in [0.1, 0.15) is 0 Å². The number of aryl methyl sites for hydroxylation is 1. The van der Waals surface area contributed by atoms with Crippen molar-refractivity contribution in [2.24, 2.45) is 7.05 Å². The Labute approximate surface area is 88.2 Å². The SMILES string of the molecule is Cn1c(=O)oc2cc(OCBr)ccc21. The predicted octanol–water partition coefficient (Wildman–Crippen LogP) is 1.86. The van der Waals surface area contributed by atoms with Gasteiger partial charge in [-0.25, -0.2) is 4.79 Å². The Morgan fingerprint density at radius 3 is 3.07 bits per heavy atom. The summed E-state index contributed by atoms with van der Waals surface area (Å²) in [6.45, 7) is 0. The quantitative estimate of drug-likeness (QED) is 0.772. The molecule has 0 spiro atoms. The molecule has 0 aliphatic heterocycles. The third-order valence-electron chi connectivity index (χ3n) is 1.98. The number of rotatable bonds is 2. The molecule has 1 aromatic carbocycles. The van der Waals surface area contributed by atoms with Gasteiger partial charge in [0.2, 0.25) is 0 Å². The highest BCUT2D eigenvalue weighted by Gasteiger charge is 2.06. The Morgan fingerprint density at radius 1 is 1.57 bits per heavy atom. The number of hydrogen-bond donors (Lipinski definition) is 0. The highest BCUT2D eigenvalue weighted by molar-refractivity contribution is 9.09. The molecule has 1 heterocycles. The van der Waals surface area contributed by atoms with Gasteiger partial charge in [0.05, 0.1) is 5.52 Å². The summed E-state index contributed by atoms with van der Waals surface area (Å²) in [6.07, 6.45) is 0. The summed E-state index contributed by atoms with van der Waals surface area (Å²) in [4.78, 5) is 11.2. The Hall–Kier alpha value is -1.23. The van der Waals surface area contributed by atoms with Gasteiger partial charge in [-0.1, -0.05) is 0 Å². The number of alkyl halides is 1. The molecule has 0 unspecified atom stereocenters. The van der Waals surface area contributed by atoms with E-state index in [2.05, 4.69) is 15.9 Å². The number of halogens is 1. The molecule has 4 nitrogen and oxygen atoms in total. The first-order valence-corrected chi connectivity index (χ1v) is 5.13. The van der Waals surface area contributed by atoms with Crippen LogP contribution in [0.5, 0.6) is 5.75 Å². The van der Waals surface area contributed by atoms with Gasteiger partial charge in [-0.05, 0) is 28.1 Å². The topological polar surface area (TPSA) is 44.4 Å². The van der Waals surface area contributed by atoms with Crippen LogP contribution in [0.2, 0.25) is 0 Å². The van der Waals surface area contributed by atoms with E-state index in [0.29, 0.717) is 16.8 Å². The van der Waals surface area contributed by atoms with E-state index in [1.165, 1.54) is 4.57 Å². The molecule has 0 radical (unpaired) electrons. The van der Waals surface area contributed by atoms with Crippen molar-refractivity contribution < 1.29 is 9.15 Å². The van der Waals surface area contributed by atoms with Crippen molar-refractivity contribution in [2.45, 2.75) is 0 Å². The normalized spacial score (nSPS) is 10.7. The molecule has 0 saturated carbocycles. The summed E-state index contributed by atoms with van der Waals surface area (Å²) in [5.41, 5.74) is 1.71. The molecular weight excluding hydrogens is 250 g/mol. The molecule has 14 heavy (non-hydrogen) atoms. The largest absolute Gasteiger partial charge is 0.482 e. The average Bonchev–Trinajstić information content (AvgIpc) is 2.43. The van der Waals surface area contributed by atoms with E-state index in [4.69, 9.17) is 9.15 Å². The Bertz CT molecular complexity index is 514. The Balaban J connectivity index is 2.61. The molecule has 0 saturated heterocycles. The third-order valence-corrected chi connectivity index (χ3v) is 2.21. The average molecular weight is 258 g/mol. The van der Waals surface area contributed by atoms with Gasteiger partial charge in [0, 0.05) is 13.1 Å². The third kappa shape index (κ3) is 1.43. The number of aromatic nitrogens is 1. The zero-order chi connectivity index (χ0) is 10.1. The molecule has 1 aromatic heterocycles. The van der Waals surface area contributed by atoms with Crippen LogP contribution < -0.4 is 10.5 Å². The van der Waals surface area contributed by atoms with E-state index in [0.717, 1.165) is 5.52 Å². The second-order valence-electron chi connectivity index (χ2n) is 2.81. The zero-order valence-corrected chi connectivity index (χ0v) is 9.08. The van der Waals surface area contributed by atoms with Gasteiger partial charge >= 0.3 is 5.76 Å². The minimum Gasteiger partial charge on any atom is -0.482 e. The van der Waals surface area contributed by atoms with Crippen molar-refractivity contribution in [1.82, 2.24) is 4.57 Å². The van der Waals surface area contributed by atoms with Crippen molar-refractivity contribution in [2.75, 3.05) is 5.52 Å². The minimum atomic E-state index is -0.365. The van der Waals surface area contributed by atoms with Crippen molar-refractivity contribution in [3.8, 4) is 5.75 Å². The second kappa shape index (κ2) is 3.49. The van der Waals surface area contributed by atoms with E-state index in [9.17, 15) is 4.79 Å². The molecule has 0 aliphatic rings. The number of ether oxygens (including phenoxy) is 1. The maximum Gasteiger partial charge on any atom is 0.419 e. The molecule has 0 N–H and O–H groups in total. The first-order valence-electron chi connectivity index (χ1n) is 4.00. The summed E-state index contributed by atoms with van der Waals surface area (Å²) >= 11 is 3.15. The molecule has 0 amide bonds. The number of benzene rings is 1. The molecule has 0 fully saturated rings. The van der Waals surface area contributed by atoms with Gasteiger partial charge in [-0.3, -0.25) is 4.57 Å². The van der Waals surface area contributed by atoms with E-state index in [-0.39, 0.29) is 5.76 Å². The standard InChI is InChI=1S/C9H8BrNO3/c1-11-7-3-2-6(13-5-10)4-8(7)14-9(11)12/h2-4H,5H2,1H3. The molecule has 5 heteroatoms. The number of hydrogen-bond acceptors (Lipinski definition) is 3. The van der Waals surface area contributed by atoms with Gasteiger partial charge < -0.3 is 9.15 Å². The van der Waals surface area contributed by atoms with Gasteiger partial charge in [0.1, 0.15) is 11.3 Å². The fraction of sp³-hybridized carbons (Fsp3) is 0.222. The highest BCUT2D eigenvalue weighted by atomic mass is 79.9. The maximum atomic E-state index is 11.2. The number of nitrogens with zero attached hydrogens (tertiary/aromatic N) is 1. The maximum absolute atomic E-state index is 11.2. The van der Waals surface area contributed by atoms with Crippen LogP contribution in [0.25, 0.3) is 11.1 Å². The van der Waals surface area contributed by atoms with Gasteiger partial charge in [-0.15, -0.1) is 0 Å². The Morgan fingerprint density at radius 2 is 2.36 bits per heavy atom. The van der Waals surface area contributed by atoms with Gasteiger partial charge in [0.25, 0.3) is 0 Å². The first kappa shape index (κ1) is 9.33. The number of oxazole rings is 1. The summed E-state index contributed by atoms with van der Waals surface area (Å²) in [5, 5.41) is 0. The predicted molar refractivity (Wildman–Crippen MR) is 55.9 cm³/mol. The lowest BCUT2D eigenvalue weighted by Gasteiger charge is -2.00. The van der Waals surface area contributed by atoms with Crippen molar-refractivity contribution in [3.05, 3.63) is 28.7 Å². The number of fused-ring (bicyclic) bond motifs is 1. The van der Waals surface area contributed by atoms with E-state index in [1.807, 2.05) is 0 Å². The summed E-state index contributed by atoms with van der Waals surface area (Å²) in [7, 11) is 1.67. The smallest absolute Gasteiger partial charge is 0.419 e. The molecule has 74 valence electrons. The summed E-state index contributed by atoms with van der Waals surface area (Å²) < 4.78 is 11.7. The van der Waals surface area contributed by atoms with Crippen molar-refractivity contribution in [1.29, 1.82) is 0 Å². The fourth-order valence-corrected chi connectivity index (χ4v) is 1.53. The van der Waals surface area contributed by atoms with Crippen LogP contribution in [0.15, 0.2) is 27.4 Å². The fourth-order valence-electron chi connectivity index (χ4n) is 1.27. The molecule has 2 aromatic rings. The molecule has 0 atom stereocenters. The van der Waals surface area contributed by atoms with Crippen molar-refractivity contribution >= 4 is 27.0 Å². The van der Waals surface area contributed by atoms with Crippen LogP contribution in [0.3, 0.4) is 0 Å². The molecule has 2 rings (SSSR count). The van der Waals surface area contributed by atoms with Crippen LogP contribution >= 0.6 is 15.9 Å². The first-order chi connectivity index (χ1) is 6.72. The monoisotopic (exact) mass is 257 g/mol. The second-order valence-corrected chi connectivity index (χ2v) is 3.27.